The Morgan fingerprint density at radius 2 is 1.88 bits per heavy atom. The van der Waals surface area contributed by atoms with Gasteiger partial charge in [-0.05, 0) is 37.3 Å². The van der Waals surface area contributed by atoms with E-state index in [2.05, 4.69) is 0 Å². The Balaban J connectivity index is 1.90. The van der Waals surface area contributed by atoms with Gasteiger partial charge in [-0.2, -0.15) is 4.31 Å². The van der Waals surface area contributed by atoms with Crippen molar-refractivity contribution in [2.45, 2.75) is 24.3 Å². The highest BCUT2D eigenvalue weighted by molar-refractivity contribution is 7.89. The Morgan fingerprint density at radius 3 is 2.58 bits per heavy atom. The lowest BCUT2D eigenvalue weighted by atomic mass is 10.0. The maximum atomic E-state index is 13.0. The molecule has 1 heterocycles. The maximum absolute atomic E-state index is 13.0. The van der Waals surface area contributed by atoms with Crippen molar-refractivity contribution in [3.63, 3.8) is 0 Å². The number of hydrogen-bond donors (Lipinski definition) is 0. The Kier molecular flexibility index (Phi) is 4.78. The van der Waals surface area contributed by atoms with Crippen molar-refractivity contribution in [2.75, 3.05) is 20.3 Å². The van der Waals surface area contributed by atoms with E-state index < -0.39 is 10.0 Å². The van der Waals surface area contributed by atoms with Gasteiger partial charge in [-0.3, -0.25) is 0 Å². The van der Waals surface area contributed by atoms with Crippen LogP contribution in [0.2, 0.25) is 0 Å². The van der Waals surface area contributed by atoms with Gasteiger partial charge >= 0.3 is 0 Å². The highest BCUT2D eigenvalue weighted by Crippen LogP contribution is 2.37. The van der Waals surface area contributed by atoms with Gasteiger partial charge in [0.15, 0.2) is 0 Å². The molecule has 3 rings (SSSR count). The summed E-state index contributed by atoms with van der Waals surface area (Å²) < 4.78 is 38.3. The number of sulfonamides is 1. The van der Waals surface area contributed by atoms with Crippen LogP contribution in [0.25, 0.3) is 0 Å². The molecule has 0 fully saturated rings. The average Bonchev–Trinajstić information content (AvgIpc) is 2.61. The zero-order chi connectivity index (χ0) is 17.2. The van der Waals surface area contributed by atoms with Crippen molar-refractivity contribution in [2.24, 2.45) is 0 Å². The van der Waals surface area contributed by atoms with Crippen LogP contribution in [0.4, 0.5) is 0 Å². The van der Waals surface area contributed by atoms with E-state index in [0.717, 1.165) is 11.3 Å². The summed E-state index contributed by atoms with van der Waals surface area (Å²) in [6, 6.07) is 13.9. The largest absolute Gasteiger partial charge is 0.494 e. The average molecular weight is 347 g/mol. The van der Waals surface area contributed by atoms with Crippen molar-refractivity contribution < 1.29 is 17.9 Å². The molecular weight excluding hydrogens is 326 g/mol. The molecule has 0 radical (unpaired) electrons. The molecule has 2 aromatic rings. The second-order valence-electron chi connectivity index (χ2n) is 5.62. The summed E-state index contributed by atoms with van der Waals surface area (Å²) in [5.41, 5.74) is 0.903. The predicted molar refractivity (Wildman–Crippen MR) is 91.9 cm³/mol. The van der Waals surface area contributed by atoms with Crippen molar-refractivity contribution in [1.82, 2.24) is 4.31 Å². The molecule has 2 aromatic carbocycles. The first-order valence-electron chi connectivity index (χ1n) is 7.96. The van der Waals surface area contributed by atoms with Gasteiger partial charge in [0.1, 0.15) is 11.5 Å². The third-order valence-corrected chi connectivity index (χ3v) is 6.06. The smallest absolute Gasteiger partial charge is 0.243 e. The number of fused-ring (bicyclic) bond motifs is 1. The number of rotatable bonds is 5. The lowest BCUT2D eigenvalue weighted by Gasteiger charge is -2.32. The van der Waals surface area contributed by atoms with Crippen LogP contribution in [0, 0.1) is 0 Å². The molecule has 0 bridgehead atoms. The van der Waals surface area contributed by atoms with Crippen molar-refractivity contribution in [3.8, 4) is 11.5 Å². The Labute approximate surface area is 142 Å². The molecule has 0 N–H and O–H groups in total. The number of ether oxygens (including phenoxy) is 2. The second kappa shape index (κ2) is 6.83. The number of para-hydroxylation sites is 1. The zero-order valence-electron chi connectivity index (χ0n) is 13.8. The van der Waals surface area contributed by atoms with E-state index >= 15 is 0 Å². The Hall–Kier alpha value is -2.05. The molecular formula is C18H21NO4S. The first kappa shape index (κ1) is 16.8. The maximum Gasteiger partial charge on any atom is 0.243 e. The summed E-state index contributed by atoms with van der Waals surface area (Å²) in [7, 11) is -1.97. The highest BCUT2D eigenvalue weighted by atomic mass is 32.2. The van der Waals surface area contributed by atoms with Crippen LogP contribution in [-0.4, -0.2) is 33.0 Å². The molecule has 24 heavy (non-hydrogen) atoms. The fourth-order valence-corrected chi connectivity index (χ4v) is 4.28. The molecule has 0 aliphatic carbocycles. The standard InChI is InChI=1S/C18H21NO4S/c1-3-22-14-8-10-15(11-9-14)24(20,21)19(2)17-12-13-23-18-7-5-4-6-16(17)18/h4-11,17H,3,12-13H2,1-2H3. The molecule has 0 saturated carbocycles. The van der Waals surface area contributed by atoms with Crippen LogP contribution in [0.3, 0.4) is 0 Å². The number of benzene rings is 2. The van der Waals surface area contributed by atoms with E-state index in [1.54, 1.807) is 31.3 Å². The first-order chi connectivity index (χ1) is 11.5. The molecule has 5 nitrogen and oxygen atoms in total. The molecule has 1 aliphatic heterocycles. The molecule has 1 aliphatic rings. The van der Waals surface area contributed by atoms with E-state index in [0.29, 0.717) is 25.4 Å². The van der Waals surface area contributed by atoms with E-state index in [1.807, 2.05) is 31.2 Å². The zero-order valence-corrected chi connectivity index (χ0v) is 14.6. The molecule has 0 saturated heterocycles. The van der Waals surface area contributed by atoms with Gasteiger partial charge in [0, 0.05) is 19.0 Å². The molecule has 6 heteroatoms. The van der Waals surface area contributed by atoms with Crippen LogP contribution < -0.4 is 9.47 Å². The van der Waals surface area contributed by atoms with Gasteiger partial charge in [0.05, 0.1) is 24.2 Å². The van der Waals surface area contributed by atoms with Crippen molar-refractivity contribution >= 4 is 10.0 Å². The lowest BCUT2D eigenvalue weighted by molar-refractivity contribution is 0.221. The predicted octanol–water partition coefficient (Wildman–Crippen LogP) is 3.23. The quantitative estimate of drug-likeness (QED) is 0.833. The van der Waals surface area contributed by atoms with Gasteiger partial charge in [0.25, 0.3) is 0 Å². The van der Waals surface area contributed by atoms with Crippen LogP contribution in [0.15, 0.2) is 53.4 Å². The highest BCUT2D eigenvalue weighted by Gasteiger charge is 2.32. The molecule has 128 valence electrons. The normalized spacial score (nSPS) is 17.2. The van der Waals surface area contributed by atoms with Gasteiger partial charge in [-0.25, -0.2) is 8.42 Å². The fraction of sp³-hybridized carbons (Fsp3) is 0.333. The van der Waals surface area contributed by atoms with E-state index in [1.165, 1.54) is 4.31 Å². The third kappa shape index (κ3) is 3.12. The Bertz CT molecular complexity index is 802. The molecule has 0 aromatic heterocycles. The van der Waals surface area contributed by atoms with Crippen molar-refractivity contribution in [3.05, 3.63) is 54.1 Å². The summed E-state index contributed by atoms with van der Waals surface area (Å²) in [6.45, 7) is 2.94. The van der Waals surface area contributed by atoms with E-state index in [9.17, 15) is 8.42 Å². The topological polar surface area (TPSA) is 55.8 Å². The van der Waals surface area contributed by atoms with Gasteiger partial charge in [-0.15, -0.1) is 0 Å². The van der Waals surface area contributed by atoms with E-state index in [4.69, 9.17) is 9.47 Å². The monoisotopic (exact) mass is 347 g/mol. The second-order valence-corrected chi connectivity index (χ2v) is 7.61. The lowest BCUT2D eigenvalue weighted by Crippen LogP contribution is -2.34. The Morgan fingerprint density at radius 1 is 1.17 bits per heavy atom. The van der Waals surface area contributed by atoms with Gasteiger partial charge < -0.3 is 9.47 Å². The van der Waals surface area contributed by atoms with Crippen LogP contribution in [0.5, 0.6) is 11.5 Å². The van der Waals surface area contributed by atoms with Gasteiger partial charge in [0.2, 0.25) is 10.0 Å². The summed E-state index contributed by atoms with van der Waals surface area (Å²) >= 11 is 0. The van der Waals surface area contributed by atoms with Gasteiger partial charge in [-0.1, -0.05) is 18.2 Å². The third-order valence-electron chi connectivity index (χ3n) is 4.18. The minimum atomic E-state index is -3.59. The number of hydrogen-bond acceptors (Lipinski definition) is 4. The summed E-state index contributed by atoms with van der Waals surface area (Å²) in [4.78, 5) is 0.262. The number of nitrogens with zero attached hydrogens (tertiary/aromatic N) is 1. The molecule has 1 atom stereocenters. The van der Waals surface area contributed by atoms with Crippen LogP contribution in [0.1, 0.15) is 24.9 Å². The minimum Gasteiger partial charge on any atom is -0.494 e. The van der Waals surface area contributed by atoms with Crippen LogP contribution >= 0.6 is 0 Å². The fourth-order valence-electron chi connectivity index (χ4n) is 2.91. The SMILES string of the molecule is CCOc1ccc(S(=O)(=O)N(C)C2CCOc3ccccc32)cc1. The molecule has 0 spiro atoms. The summed E-state index contributed by atoms with van der Waals surface area (Å²) in [5.74, 6) is 1.41. The summed E-state index contributed by atoms with van der Waals surface area (Å²) in [5, 5.41) is 0. The van der Waals surface area contributed by atoms with Crippen LogP contribution in [-0.2, 0) is 10.0 Å². The summed E-state index contributed by atoms with van der Waals surface area (Å²) in [6.07, 6.45) is 0.629. The van der Waals surface area contributed by atoms with Crippen molar-refractivity contribution in [1.29, 1.82) is 0 Å². The molecule has 0 amide bonds. The molecule has 1 unspecified atom stereocenters. The first-order valence-corrected chi connectivity index (χ1v) is 9.40. The van der Waals surface area contributed by atoms with E-state index in [-0.39, 0.29) is 10.9 Å². The minimum absolute atomic E-state index is 0.230.